The van der Waals surface area contributed by atoms with E-state index in [1.54, 1.807) is 11.6 Å². The highest BCUT2D eigenvalue weighted by molar-refractivity contribution is 7.89. The second-order valence-electron chi connectivity index (χ2n) is 9.71. The second-order valence-corrected chi connectivity index (χ2v) is 11.9. The highest BCUT2D eigenvalue weighted by atomic mass is 32.2. The van der Waals surface area contributed by atoms with Crippen LogP contribution in [0.5, 0.6) is 0 Å². The molecule has 1 fully saturated rings. The Hall–Kier alpha value is -3.27. The number of fused-ring (bicyclic) bond motifs is 2. The van der Waals surface area contributed by atoms with Gasteiger partial charge in [-0.1, -0.05) is 6.07 Å². The number of carbonyl (C=O) groups is 1. The van der Waals surface area contributed by atoms with Crippen LogP contribution in [0.25, 0.3) is 22.0 Å². The summed E-state index contributed by atoms with van der Waals surface area (Å²) >= 11 is 0. The number of aromatic amines is 1. The Morgan fingerprint density at radius 1 is 1.20 bits per heavy atom. The molecule has 0 spiro atoms. The van der Waals surface area contributed by atoms with Gasteiger partial charge in [0.25, 0.3) is 5.56 Å². The molecular weight excluding hydrogens is 468 g/mol. The van der Waals surface area contributed by atoms with E-state index >= 15 is 0 Å². The topological polar surface area (TPSA) is 114 Å². The van der Waals surface area contributed by atoms with Crippen LogP contribution in [-0.2, 0) is 33.9 Å². The molecule has 186 valence electrons. The van der Waals surface area contributed by atoms with Crippen LogP contribution >= 0.6 is 0 Å². The smallest absolute Gasteiger partial charge is 0.407 e. The quantitative estimate of drug-likeness (QED) is 0.572. The van der Waals surface area contributed by atoms with Gasteiger partial charge in [0.1, 0.15) is 5.52 Å². The van der Waals surface area contributed by atoms with E-state index in [4.69, 9.17) is 4.74 Å². The zero-order valence-corrected chi connectivity index (χ0v) is 20.9. The number of nitrogens with zero attached hydrogens (tertiary/aromatic N) is 2. The first-order valence-electron chi connectivity index (χ1n) is 11.8. The van der Waals surface area contributed by atoms with Gasteiger partial charge < -0.3 is 24.5 Å². The minimum atomic E-state index is -3.20. The Kier molecular flexibility index (Phi) is 5.86. The standard InChI is InChI=1S/C25H30N4O5S/c1-28-13-20-19-10-15(14-35(3,32)33)4-9-21(19)29(12-16-11-26-23(22(16)20)24(28)30)18-7-5-17(6-8-18)27-25(31)34-2/h4,9-11,13,17-18,26H,5-8,12,14H2,1-3H3,(H,27,31). The Labute approximate surface area is 204 Å². The van der Waals surface area contributed by atoms with E-state index in [1.807, 2.05) is 30.6 Å². The molecule has 1 saturated carbocycles. The molecule has 2 N–H and O–H groups in total. The summed E-state index contributed by atoms with van der Waals surface area (Å²) in [7, 11) is -0.0973. The summed E-state index contributed by atoms with van der Waals surface area (Å²) in [5, 5.41) is 3.81. The third kappa shape index (κ3) is 4.42. The molecule has 2 aliphatic rings. The lowest BCUT2D eigenvalue weighted by Crippen LogP contribution is -2.44. The first-order valence-corrected chi connectivity index (χ1v) is 13.8. The summed E-state index contributed by atoms with van der Waals surface area (Å²) in [5.74, 6) is -0.0422. The molecule has 0 unspecified atom stereocenters. The number of aryl methyl sites for hydroxylation is 1. The molecule has 3 heterocycles. The molecule has 0 atom stereocenters. The lowest BCUT2D eigenvalue weighted by molar-refractivity contribution is 0.162. The van der Waals surface area contributed by atoms with Crippen LogP contribution < -0.4 is 15.8 Å². The van der Waals surface area contributed by atoms with Gasteiger partial charge in [0.05, 0.1) is 12.9 Å². The van der Waals surface area contributed by atoms with E-state index in [-0.39, 0.29) is 23.4 Å². The Morgan fingerprint density at radius 2 is 1.94 bits per heavy atom. The number of H-pyrrole nitrogens is 1. The molecular formula is C25H30N4O5S. The van der Waals surface area contributed by atoms with Gasteiger partial charge in [-0.25, -0.2) is 13.2 Å². The number of alkyl carbamates (subject to hydrolysis) is 1. The van der Waals surface area contributed by atoms with Crippen molar-refractivity contribution in [2.45, 2.75) is 50.1 Å². The molecule has 9 nitrogen and oxygen atoms in total. The van der Waals surface area contributed by atoms with E-state index < -0.39 is 15.9 Å². The average molecular weight is 499 g/mol. The van der Waals surface area contributed by atoms with Crippen LogP contribution in [0, 0.1) is 0 Å². The number of anilines is 1. The number of pyridine rings is 1. The predicted molar refractivity (Wildman–Crippen MR) is 135 cm³/mol. The second kappa shape index (κ2) is 8.75. The number of carbonyl (C=O) groups excluding carboxylic acids is 1. The highest BCUT2D eigenvalue weighted by Gasteiger charge is 2.32. The molecule has 3 aromatic rings. The van der Waals surface area contributed by atoms with Crippen LogP contribution in [0.15, 0.2) is 35.4 Å². The van der Waals surface area contributed by atoms with Crippen molar-refractivity contribution in [2.75, 3.05) is 18.3 Å². The molecule has 0 bridgehead atoms. The normalized spacial score (nSPS) is 19.8. The van der Waals surface area contributed by atoms with Gasteiger partial charge >= 0.3 is 6.09 Å². The molecule has 1 aromatic carbocycles. The third-order valence-electron chi connectivity index (χ3n) is 7.16. The summed E-state index contributed by atoms with van der Waals surface area (Å²) in [5.41, 5.74) is 5.12. The Bertz CT molecular complexity index is 1460. The average Bonchev–Trinajstić information content (AvgIpc) is 3.18. The van der Waals surface area contributed by atoms with Crippen molar-refractivity contribution in [1.29, 1.82) is 0 Å². The molecule has 1 aliphatic carbocycles. The van der Waals surface area contributed by atoms with Crippen LogP contribution in [0.3, 0.4) is 0 Å². The van der Waals surface area contributed by atoms with Crippen LogP contribution in [0.4, 0.5) is 10.5 Å². The summed E-state index contributed by atoms with van der Waals surface area (Å²) in [6, 6.07) is 6.18. The highest BCUT2D eigenvalue weighted by Crippen LogP contribution is 2.43. The Balaban J connectivity index is 1.59. The first-order chi connectivity index (χ1) is 16.6. The number of hydrogen-bond acceptors (Lipinski definition) is 6. The number of benzene rings is 1. The van der Waals surface area contributed by atoms with Crippen LogP contribution in [0.2, 0.25) is 0 Å². The minimum Gasteiger partial charge on any atom is -0.453 e. The molecule has 2 aromatic heterocycles. The van der Waals surface area contributed by atoms with Crippen molar-refractivity contribution in [2.24, 2.45) is 7.05 Å². The SMILES string of the molecule is COC(=O)NC1CCC(N2Cc3c[nH]c4c(=O)n(C)cc(c34)-c3cc(CS(C)(=O)=O)ccc32)CC1. The van der Waals surface area contributed by atoms with E-state index in [2.05, 4.69) is 15.2 Å². The predicted octanol–water partition coefficient (Wildman–Crippen LogP) is 3.07. The first kappa shape index (κ1) is 23.5. The summed E-state index contributed by atoms with van der Waals surface area (Å²) in [4.78, 5) is 30.0. The van der Waals surface area contributed by atoms with Gasteiger partial charge in [-0.3, -0.25) is 4.79 Å². The largest absolute Gasteiger partial charge is 0.453 e. The van der Waals surface area contributed by atoms with Gasteiger partial charge in [0, 0.05) is 66.5 Å². The number of ether oxygens (including phenoxy) is 1. The number of nitrogens with one attached hydrogen (secondary N) is 2. The van der Waals surface area contributed by atoms with E-state index in [9.17, 15) is 18.0 Å². The van der Waals surface area contributed by atoms with Crippen molar-refractivity contribution in [3.8, 4) is 11.1 Å². The fraction of sp³-hybridized carbons (Fsp3) is 0.440. The van der Waals surface area contributed by atoms with Gasteiger partial charge in [-0.15, -0.1) is 0 Å². The maximum atomic E-state index is 12.8. The van der Waals surface area contributed by atoms with E-state index in [1.165, 1.54) is 13.4 Å². The maximum absolute atomic E-state index is 12.8. The molecule has 10 heteroatoms. The maximum Gasteiger partial charge on any atom is 0.407 e. The number of methoxy groups -OCH3 is 1. The lowest BCUT2D eigenvalue weighted by Gasteiger charge is -2.38. The number of hydrogen-bond donors (Lipinski definition) is 2. The third-order valence-corrected chi connectivity index (χ3v) is 8.02. The van der Waals surface area contributed by atoms with Gasteiger partial charge in [-0.05, 0) is 48.9 Å². The number of aromatic nitrogens is 2. The summed E-state index contributed by atoms with van der Waals surface area (Å²) < 4.78 is 30.4. The molecule has 5 rings (SSSR count). The van der Waals surface area contributed by atoms with E-state index in [0.29, 0.717) is 12.1 Å². The fourth-order valence-electron chi connectivity index (χ4n) is 5.56. The van der Waals surface area contributed by atoms with Crippen LogP contribution in [-0.4, -0.2) is 49.5 Å². The molecule has 0 radical (unpaired) electrons. The monoisotopic (exact) mass is 498 g/mol. The van der Waals surface area contributed by atoms with Crippen molar-refractivity contribution >= 4 is 32.5 Å². The lowest BCUT2D eigenvalue weighted by atomic mass is 9.89. The van der Waals surface area contributed by atoms with Crippen molar-refractivity contribution < 1.29 is 17.9 Å². The van der Waals surface area contributed by atoms with Crippen molar-refractivity contribution in [1.82, 2.24) is 14.9 Å². The van der Waals surface area contributed by atoms with Gasteiger partial charge in [0.15, 0.2) is 9.84 Å². The van der Waals surface area contributed by atoms with Gasteiger partial charge in [-0.2, -0.15) is 0 Å². The zero-order valence-electron chi connectivity index (χ0n) is 20.1. The molecule has 1 amide bonds. The summed E-state index contributed by atoms with van der Waals surface area (Å²) in [6.07, 6.45) is 8.06. The molecule has 0 saturated heterocycles. The number of rotatable bonds is 4. The molecule has 35 heavy (non-hydrogen) atoms. The summed E-state index contributed by atoms with van der Waals surface area (Å²) in [6.45, 7) is 0.637. The zero-order chi connectivity index (χ0) is 24.9. The fourth-order valence-corrected chi connectivity index (χ4v) is 6.34. The Morgan fingerprint density at radius 3 is 2.63 bits per heavy atom. The number of amides is 1. The minimum absolute atomic E-state index is 0.0422. The number of sulfone groups is 1. The van der Waals surface area contributed by atoms with Crippen molar-refractivity contribution in [3.63, 3.8) is 0 Å². The van der Waals surface area contributed by atoms with Crippen LogP contribution in [0.1, 0.15) is 36.8 Å². The molecule has 1 aliphatic heterocycles. The van der Waals surface area contributed by atoms with Crippen molar-refractivity contribution in [3.05, 3.63) is 52.1 Å². The van der Waals surface area contributed by atoms with E-state index in [0.717, 1.165) is 59.0 Å². The van der Waals surface area contributed by atoms with Gasteiger partial charge in [0.2, 0.25) is 0 Å².